The Morgan fingerprint density at radius 2 is 1.97 bits per heavy atom. The zero-order valence-corrected chi connectivity index (χ0v) is 20.2. The molecular formula is C27H36O6. The van der Waals surface area contributed by atoms with Crippen LogP contribution in [0.15, 0.2) is 36.0 Å². The highest BCUT2D eigenvalue weighted by Gasteiger charge is 2.74. The van der Waals surface area contributed by atoms with Crippen LogP contribution in [0.25, 0.3) is 0 Å². The van der Waals surface area contributed by atoms with Crippen molar-refractivity contribution in [3.63, 3.8) is 0 Å². The summed E-state index contributed by atoms with van der Waals surface area (Å²) in [6.45, 7) is 9.82. The largest absolute Gasteiger partial charge is 0.393 e. The number of hydrogen-bond donors (Lipinski definition) is 2. The van der Waals surface area contributed by atoms with Crippen LogP contribution in [0.1, 0.15) is 53.9 Å². The molecule has 5 rings (SSSR count). The van der Waals surface area contributed by atoms with Gasteiger partial charge in [0.05, 0.1) is 6.10 Å². The zero-order chi connectivity index (χ0) is 24.0. The Labute approximate surface area is 195 Å². The second kappa shape index (κ2) is 7.20. The molecule has 3 fully saturated rings. The van der Waals surface area contributed by atoms with Crippen molar-refractivity contribution >= 4 is 11.6 Å². The number of aliphatic hydroxyl groups excluding tert-OH is 1. The number of allylic oxidation sites excluding steroid dienone is 6. The molecule has 1 saturated heterocycles. The minimum absolute atomic E-state index is 0.0245. The average Bonchev–Trinajstić information content (AvgIpc) is 2.98. The SMILES string of the molecule is CCC(C)C1(O)OCC(=O)[C@@]2(O1)[C@H](C)C[C@H]1[C@@H]3C=CC4=CC(=O)C=C[C@]4(C)[C@H]3[C@@H](O)C[C@@]12C. The van der Waals surface area contributed by atoms with Crippen LogP contribution in [0.4, 0.5) is 0 Å². The quantitative estimate of drug-likeness (QED) is 0.662. The highest BCUT2D eigenvalue weighted by Crippen LogP contribution is 2.69. The van der Waals surface area contributed by atoms with E-state index in [-0.39, 0.29) is 47.8 Å². The Morgan fingerprint density at radius 1 is 1.24 bits per heavy atom. The molecule has 0 aromatic carbocycles. The first-order valence-electron chi connectivity index (χ1n) is 12.3. The topological polar surface area (TPSA) is 93.1 Å². The molecule has 0 radical (unpaired) electrons. The lowest BCUT2D eigenvalue weighted by Gasteiger charge is -2.60. The maximum Gasteiger partial charge on any atom is 0.284 e. The summed E-state index contributed by atoms with van der Waals surface area (Å²) in [5.41, 5.74) is -1.39. The van der Waals surface area contributed by atoms with E-state index < -0.39 is 28.5 Å². The highest BCUT2D eigenvalue weighted by atomic mass is 16.8. The van der Waals surface area contributed by atoms with E-state index in [0.29, 0.717) is 12.8 Å². The van der Waals surface area contributed by atoms with Crippen molar-refractivity contribution in [2.75, 3.05) is 6.61 Å². The molecule has 0 bridgehead atoms. The van der Waals surface area contributed by atoms with E-state index in [1.54, 1.807) is 12.2 Å². The van der Waals surface area contributed by atoms with Gasteiger partial charge >= 0.3 is 0 Å². The van der Waals surface area contributed by atoms with Gasteiger partial charge in [0, 0.05) is 22.7 Å². The molecule has 0 amide bonds. The molecule has 0 aromatic rings. The number of rotatable bonds is 2. The Hall–Kier alpha value is -1.60. The molecule has 180 valence electrons. The van der Waals surface area contributed by atoms with E-state index in [1.807, 2.05) is 32.9 Å². The molecule has 1 heterocycles. The number of hydrogen-bond acceptors (Lipinski definition) is 6. The summed E-state index contributed by atoms with van der Waals surface area (Å²) in [6.07, 6.45) is 10.5. The molecule has 1 aliphatic heterocycles. The van der Waals surface area contributed by atoms with Crippen molar-refractivity contribution in [3.8, 4) is 0 Å². The van der Waals surface area contributed by atoms with Gasteiger partial charge in [-0.2, -0.15) is 0 Å². The molecule has 6 heteroatoms. The summed E-state index contributed by atoms with van der Waals surface area (Å²) in [6, 6.07) is 0. The minimum atomic E-state index is -1.83. The van der Waals surface area contributed by atoms with Gasteiger partial charge in [0.15, 0.2) is 11.6 Å². The van der Waals surface area contributed by atoms with Crippen LogP contribution in [0, 0.1) is 40.4 Å². The lowest BCUT2D eigenvalue weighted by Crippen LogP contribution is -2.69. The van der Waals surface area contributed by atoms with E-state index in [1.165, 1.54) is 0 Å². The summed E-state index contributed by atoms with van der Waals surface area (Å²) < 4.78 is 12.0. The fraction of sp³-hybridized carbons (Fsp3) is 0.704. The van der Waals surface area contributed by atoms with Crippen molar-refractivity contribution < 1.29 is 29.3 Å². The molecule has 1 spiro atoms. The van der Waals surface area contributed by atoms with E-state index in [9.17, 15) is 19.8 Å². The first kappa shape index (κ1) is 23.2. The third kappa shape index (κ3) is 2.81. The summed E-state index contributed by atoms with van der Waals surface area (Å²) in [5, 5.41) is 22.9. The summed E-state index contributed by atoms with van der Waals surface area (Å²) in [5.74, 6) is -2.42. The smallest absolute Gasteiger partial charge is 0.284 e. The molecule has 10 atom stereocenters. The Balaban J connectivity index is 1.60. The van der Waals surface area contributed by atoms with Gasteiger partial charge in [0.25, 0.3) is 5.97 Å². The first-order chi connectivity index (χ1) is 15.4. The summed E-state index contributed by atoms with van der Waals surface area (Å²) in [7, 11) is 0. The van der Waals surface area contributed by atoms with Crippen molar-refractivity contribution in [2.24, 2.45) is 40.4 Å². The van der Waals surface area contributed by atoms with E-state index in [2.05, 4.69) is 19.9 Å². The normalized spacial score (nSPS) is 51.7. The Kier molecular flexibility index (Phi) is 5.05. The van der Waals surface area contributed by atoms with Crippen LogP contribution in [0.2, 0.25) is 0 Å². The number of carbonyl (C=O) groups excluding carboxylic acids is 2. The predicted molar refractivity (Wildman–Crippen MR) is 122 cm³/mol. The third-order valence-corrected chi connectivity index (χ3v) is 9.97. The van der Waals surface area contributed by atoms with Crippen molar-refractivity contribution in [1.29, 1.82) is 0 Å². The van der Waals surface area contributed by atoms with E-state index in [0.717, 1.165) is 12.0 Å². The maximum absolute atomic E-state index is 13.6. The predicted octanol–water partition coefficient (Wildman–Crippen LogP) is 3.33. The standard InChI is InChI=1S/C27H36O6/c1-6-15(2)27(31)32-14-22(30)26(33-27)16(3)11-20-19-8-7-17-12-18(28)9-10-24(17,4)23(19)21(29)13-25(20,26)5/h7-10,12,15-16,19-21,23,29,31H,6,11,13-14H2,1-5H3/t15?,16-,19+,20+,21+,23-,24+,25+,26+,27?/m1/s1. The first-order valence-corrected chi connectivity index (χ1v) is 12.3. The van der Waals surface area contributed by atoms with E-state index in [4.69, 9.17) is 9.47 Å². The van der Waals surface area contributed by atoms with Gasteiger partial charge in [-0.15, -0.1) is 0 Å². The van der Waals surface area contributed by atoms with Crippen LogP contribution in [0.3, 0.4) is 0 Å². The molecule has 6 nitrogen and oxygen atoms in total. The van der Waals surface area contributed by atoms with Crippen molar-refractivity contribution in [3.05, 3.63) is 36.0 Å². The second-order valence-corrected chi connectivity index (χ2v) is 11.5. The second-order valence-electron chi connectivity index (χ2n) is 11.5. The van der Waals surface area contributed by atoms with Gasteiger partial charge in [-0.3, -0.25) is 9.59 Å². The lowest BCUT2D eigenvalue weighted by molar-refractivity contribution is -0.438. The number of ether oxygens (including phenoxy) is 2. The highest BCUT2D eigenvalue weighted by molar-refractivity contribution is 6.01. The fourth-order valence-corrected chi connectivity index (χ4v) is 8.01. The summed E-state index contributed by atoms with van der Waals surface area (Å²) in [4.78, 5) is 25.6. The van der Waals surface area contributed by atoms with Gasteiger partial charge in [-0.25, -0.2) is 0 Å². The maximum atomic E-state index is 13.6. The fourth-order valence-electron chi connectivity index (χ4n) is 8.01. The van der Waals surface area contributed by atoms with Crippen LogP contribution in [0.5, 0.6) is 0 Å². The van der Waals surface area contributed by atoms with Crippen LogP contribution >= 0.6 is 0 Å². The molecule has 2 unspecified atom stereocenters. The number of aliphatic hydroxyl groups is 2. The molecule has 2 saturated carbocycles. The van der Waals surface area contributed by atoms with Gasteiger partial charge in [0.2, 0.25) is 0 Å². The van der Waals surface area contributed by atoms with Crippen LogP contribution in [-0.2, 0) is 19.1 Å². The number of Topliss-reactive ketones (excluding diaryl/α,β-unsaturated/α-hetero) is 1. The monoisotopic (exact) mass is 456 g/mol. The lowest BCUT2D eigenvalue weighted by atomic mass is 9.47. The molecular weight excluding hydrogens is 420 g/mol. The van der Waals surface area contributed by atoms with Gasteiger partial charge in [-0.1, -0.05) is 52.8 Å². The molecule has 2 N–H and O–H groups in total. The van der Waals surface area contributed by atoms with Crippen molar-refractivity contribution in [2.45, 2.75) is 71.6 Å². The molecule has 0 aromatic heterocycles. The number of carbonyl (C=O) groups is 2. The van der Waals surface area contributed by atoms with Crippen LogP contribution in [-0.4, -0.2) is 46.1 Å². The molecule has 33 heavy (non-hydrogen) atoms. The van der Waals surface area contributed by atoms with E-state index >= 15 is 0 Å². The number of ketones is 2. The Morgan fingerprint density at radius 3 is 2.67 bits per heavy atom. The third-order valence-electron chi connectivity index (χ3n) is 9.97. The Bertz CT molecular complexity index is 981. The van der Waals surface area contributed by atoms with Gasteiger partial charge in [-0.05, 0) is 54.7 Å². The van der Waals surface area contributed by atoms with Gasteiger partial charge in [0.1, 0.15) is 12.2 Å². The average molecular weight is 457 g/mol. The minimum Gasteiger partial charge on any atom is -0.393 e. The molecule has 4 aliphatic carbocycles. The zero-order valence-electron chi connectivity index (χ0n) is 20.2. The van der Waals surface area contributed by atoms with Crippen molar-refractivity contribution in [1.82, 2.24) is 0 Å². The number of fused-ring (bicyclic) bond motifs is 6. The molecule has 5 aliphatic rings. The van der Waals surface area contributed by atoms with Crippen LogP contribution < -0.4 is 0 Å². The van der Waals surface area contributed by atoms with Gasteiger partial charge < -0.3 is 19.7 Å². The summed E-state index contributed by atoms with van der Waals surface area (Å²) >= 11 is 0.